The summed E-state index contributed by atoms with van der Waals surface area (Å²) in [6.07, 6.45) is 4.69. The fraction of sp³-hybridized carbons (Fsp3) is 0.522. The van der Waals surface area contributed by atoms with Crippen molar-refractivity contribution in [3.8, 4) is 0 Å². The first-order chi connectivity index (χ1) is 13.8. The van der Waals surface area contributed by atoms with Crippen LogP contribution in [0, 0.1) is 0 Å². The van der Waals surface area contributed by atoms with Crippen LogP contribution in [0.1, 0.15) is 59.7 Å². The van der Waals surface area contributed by atoms with Gasteiger partial charge >= 0.3 is 6.09 Å². The van der Waals surface area contributed by atoms with Gasteiger partial charge in [-0.15, -0.1) is 0 Å². The normalized spacial score (nSPS) is 16.2. The summed E-state index contributed by atoms with van der Waals surface area (Å²) in [5.41, 5.74) is 1.99. The van der Waals surface area contributed by atoms with Crippen molar-refractivity contribution in [1.82, 2.24) is 19.8 Å². The highest BCUT2D eigenvalue weighted by molar-refractivity contribution is 6.20. The Labute approximate surface area is 178 Å². The maximum Gasteiger partial charge on any atom is 0.414 e. The van der Waals surface area contributed by atoms with Gasteiger partial charge in [0.2, 0.25) is 0 Å². The zero-order chi connectivity index (χ0) is 22.4. The lowest BCUT2D eigenvalue weighted by Crippen LogP contribution is -2.40. The van der Waals surface area contributed by atoms with Crippen molar-refractivity contribution in [2.45, 2.75) is 65.5 Å². The molecule has 0 saturated heterocycles. The van der Waals surface area contributed by atoms with E-state index in [0.717, 1.165) is 22.2 Å². The lowest BCUT2D eigenvalue weighted by molar-refractivity contribution is -0.125. The third-order valence-electron chi connectivity index (χ3n) is 5.35. The molecular formula is C23H32N4O3. The SMILES string of the molecule is CC(C)N(C)C(=O)C1=CN(C(=O)OC(C)(C)C)CC(C)(C)c2c1[nH]c1ccncc21. The van der Waals surface area contributed by atoms with Crippen LogP contribution in [0.3, 0.4) is 0 Å². The Balaban J connectivity index is 2.22. The van der Waals surface area contributed by atoms with Gasteiger partial charge in [-0.1, -0.05) is 13.8 Å². The van der Waals surface area contributed by atoms with E-state index in [1.165, 1.54) is 4.90 Å². The molecule has 2 aromatic heterocycles. The van der Waals surface area contributed by atoms with E-state index in [4.69, 9.17) is 4.74 Å². The lowest BCUT2D eigenvalue weighted by atomic mass is 9.82. The van der Waals surface area contributed by atoms with Crippen molar-refractivity contribution in [3.05, 3.63) is 35.9 Å². The van der Waals surface area contributed by atoms with Crippen molar-refractivity contribution >= 4 is 28.5 Å². The van der Waals surface area contributed by atoms with Crippen molar-refractivity contribution < 1.29 is 14.3 Å². The summed E-state index contributed by atoms with van der Waals surface area (Å²) in [5, 5.41) is 0.953. The van der Waals surface area contributed by atoms with E-state index in [0.29, 0.717) is 12.1 Å². The Bertz CT molecular complexity index is 1010. The summed E-state index contributed by atoms with van der Waals surface area (Å²) in [7, 11) is 1.77. The number of H-pyrrole nitrogens is 1. The predicted octanol–water partition coefficient (Wildman–Crippen LogP) is 4.30. The molecule has 1 aliphatic heterocycles. The molecule has 2 amide bonds. The first-order valence-electron chi connectivity index (χ1n) is 10.3. The molecule has 162 valence electrons. The number of hydrogen-bond acceptors (Lipinski definition) is 4. The maximum atomic E-state index is 13.4. The molecule has 0 spiro atoms. The zero-order valence-electron chi connectivity index (χ0n) is 19.2. The fourth-order valence-electron chi connectivity index (χ4n) is 3.73. The van der Waals surface area contributed by atoms with Gasteiger partial charge in [0.1, 0.15) is 5.60 Å². The molecular weight excluding hydrogens is 380 g/mol. The molecule has 3 heterocycles. The van der Waals surface area contributed by atoms with Gasteiger partial charge in [0, 0.05) is 54.5 Å². The number of nitrogens with zero attached hydrogens (tertiary/aromatic N) is 3. The minimum atomic E-state index is -0.634. The molecule has 0 atom stereocenters. The number of aromatic amines is 1. The molecule has 0 aromatic carbocycles. The van der Waals surface area contributed by atoms with E-state index in [2.05, 4.69) is 23.8 Å². The second-order valence-electron chi connectivity index (χ2n) is 9.84. The van der Waals surface area contributed by atoms with Crippen LogP contribution in [0.4, 0.5) is 4.79 Å². The molecule has 0 fully saturated rings. The first-order valence-corrected chi connectivity index (χ1v) is 10.3. The summed E-state index contributed by atoms with van der Waals surface area (Å²) in [5.74, 6) is -0.156. The molecule has 3 rings (SSSR count). The van der Waals surface area contributed by atoms with Crippen LogP contribution in [-0.2, 0) is 14.9 Å². The zero-order valence-corrected chi connectivity index (χ0v) is 19.2. The molecule has 1 N–H and O–H groups in total. The summed E-state index contributed by atoms with van der Waals surface area (Å²) in [6, 6.07) is 1.92. The van der Waals surface area contributed by atoms with Gasteiger partial charge in [0.05, 0.1) is 11.3 Å². The van der Waals surface area contributed by atoms with Crippen LogP contribution in [0.15, 0.2) is 24.7 Å². The highest BCUT2D eigenvalue weighted by Gasteiger charge is 2.38. The van der Waals surface area contributed by atoms with Crippen LogP contribution in [-0.4, -0.2) is 57.0 Å². The van der Waals surface area contributed by atoms with Crippen molar-refractivity contribution in [2.75, 3.05) is 13.6 Å². The standard InChI is InChI=1S/C23H32N4O3/c1-14(2)26(8)20(28)16-12-27(21(29)30-22(3,4)5)13-23(6,7)18-15-11-24-10-9-17(15)25-19(16)18/h9-12,14,25H,13H2,1-8H3. The number of aromatic nitrogens is 2. The van der Waals surface area contributed by atoms with E-state index >= 15 is 0 Å². The average Bonchev–Trinajstić information content (AvgIpc) is 2.97. The van der Waals surface area contributed by atoms with Crippen LogP contribution < -0.4 is 0 Å². The van der Waals surface area contributed by atoms with Gasteiger partial charge in [0.25, 0.3) is 5.91 Å². The minimum Gasteiger partial charge on any atom is -0.443 e. The van der Waals surface area contributed by atoms with Crippen LogP contribution in [0.5, 0.6) is 0 Å². The lowest BCUT2D eigenvalue weighted by Gasteiger charge is -2.31. The number of nitrogens with one attached hydrogen (secondary N) is 1. The van der Waals surface area contributed by atoms with Gasteiger partial charge in [0.15, 0.2) is 0 Å². The largest absolute Gasteiger partial charge is 0.443 e. The third-order valence-corrected chi connectivity index (χ3v) is 5.35. The number of fused-ring (bicyclic) bond motifs is 3. The van der Waals surface area contributed by atoms with E-state index in [1.807, 2.05) is 46.9 Å². The number of pyridine rings is 1. The number of ether oxygens (including phenoxy) is 1. The predicted molar refractivity (Wildman–Crippen MR) is 118 cm³/mol. The molecule has 0 bridgehead atoms. The van der Waals surface area contributed by atoms with Gasteiger partial charge in [-0.2, -0.15) is 0 Å². The molecule has 1 aliphatic rings. The third kappa shape index (κ3) is 4.06. The van der Waals surface area contributed by atoms with Gasteiger partial charge < -0.3 is 14.6 Å². The molecule has 0 aliphatic carbocycles. The Morgan fingerprint density at radius 3 is 2.57 bits per heavy atom. The van der Waals surface area contributed by atoms with Crippen molar-refractivity contribution in [1.29, 1.82) is 0 Å². The second-order valence-corrected chi connectivity index (χ2v) is 9.84. The second kappa shape index (κ2) is 7.45. The highest BCUT2D eigenvalue weighted by Crippen LogP contribution is 2.40. The summed E-state index contributed by atoms with van der Waals surface area (Å²) in [4.78, 5) is 37.3. The topological polar surface area (TPSA) is 78.5 Å². The maximum absolute atomic E-state index is 13.4. The van der Waals surface area contributed by atoms with E-state index in [1.54, 1.807) is 24.3 Å². The number of hydrogen-bond donors (Lipinski definition) is 1. The van der Waals surface area contributed by atoms with Gasteiger partial charge in [-0.25, -0.2) is 4.79 Å². The van der Waals surface area contributed by atoms with E-state index in [-0.39, 0.29) is 11.9 Å². The van der Waals surface area contributed by atoms with Crippen LogP contribution >= 0.6 is 0 Å². The summed E-state index contributed by atoms with van der Waals surface area (Å²) >= 11 is 0. The number of rotatable bonds is 2. The Hall–Kier alpha value is -2.83. The first kappa shape index (κ1) is 21.9. The Morgan fingerprint density at radius 2 is 1.97 bits per heavy atom. The summed E-state index contributed by atoms with van der Waals surface area (Å²) < 4.78 is 5.62. The van der Waals surface area contributed by atoms with Gasteiger partial charge in [-0.05, 0) is 46.2 Å². The van der Waals surface area contributed by atoms with Crippen LogP contribution in [0.25, 0.3) is 16.5 Å². The number of carbonyl (C=O) groups is 2. The molecule has 7 nitrogen and oxygen atoms in total. The molecule has 7 heteroatoms. The molecule has 0 unspecified atom stereocenters. The van der Waals surface area contributed by atoms with Crippen LogP contribution in [0.2, 0.25) is 0 Å². The molecule has 2 aromatic rings. The van der Waals surface area contributed by atoms with E-state index < -0.39 is 17.1 Å². The monoisotopic (exact) mass is 412 g/mol. The highest BCUT2D eigenvalue weighted by atomic mass is 16.6. The molecule has 0 saturated carbocycles. The fourth-order valence-corrected chi connectivity index (χ4v) is 3.73. The van der Waals surface area contributed by atoms with Crippen molar-refractivity contribution in [3.63, 3.8) is 0 Å². The van der Waals surface area contributed by atoms with Gasteiger partial charge in [-0.3, -0.25) is 14.7 Å². The Morgan fingerprint density at radius 1 is 1.30 bits per heavy atom. The minimum absolute atomic E-state index is 0.0131. The molecule has 30 heavy (non-hydrogen) atoms. The van der Waals surface area contributed by atoms with Crippen molar-refractivity contribution in [2.24, 2.45) is 0 Å². The Kier molecular flexibility index (Phi) is 5.43. The smallest absolute Gasteiger partial charge is 0.414 e. The average molecular weight is 413 g/mol. The quantitative estimate of drug-likeness (QED) is 0.798. The summed E-state index contributed by atoms with van der Waals surface area (Å²) in [6.45, 7) is 13.9. The van der Waals surface area contributed by atoms with E-state index in [9.17, 15) is 9.59 Å². The number of amides is 2. The molecule has 0 radical (unpaired) electrons. The number of carbonyl (C=O) groups excluding carboxylic acids is 2. The number of likely N-dealkylation sites (N-methyl/N-ethyl adjacent to an activating group) is 1.